The average molecular weight is 453 g/mol. The van der Waals surface area contributed by atoms with Gasteiger partial charge in [0.05, 0.1) is 14.2 Å². The van der Waals surface area contributed by atoms with Crippen LogP contribution in [-0.4, -0.2) is 46.1 Å². The molecule has 0 heterocycles. The molecule has 2 aliphatic rings. The number of carbonyl (C=O) groups excluding carboxylic acids is 2. The van der Waals surface area contributed by atoms with Crippen LogP contribution in [0.5, 0.6) is 5.75 Å². The number of rotatable bonds is 7. The van der Waals surface area contributed by atoms with Crippen LogP contribution in [-0.2, 0) is 19.6 Å². The molecule has 2 N–H and O–H groups in total. The molecule has 8 nitrogen and oxygen atoms in total. The molecule has 2 aliphatic carbocycles. The lowest BCUT2D eigenvalue weighted by Gasteiger charge is -2.37. The molecular formula is C22H32N2O6S. The van der Waals surface area contributed by atoms with Gasteiger partial charge in [-0.3, -0.25) is 4.79 Å². The third kappa shape index (κ3) is 5.20. The zero-order chi connectivity index (χ0) is 22.6. The number of hydrogen-bond donors (Lipinski definition) is 2. The molecule has 1 aromatic rings. The SMILES string of the molecule is COC(=O)C1(NC(=O)c2ccc(OC)c(S(=O)(=O)NC3CCCC3)c2)CCC(C)CC1. The van der Waals surface area contributed by atoms with Crippen molar-refractivity contribution in [3.05, 3.63) is 23.8 Å². The summed E-state index contributed by atoms with van der Waals surface area (Å²) in [6, 6.07) is 4.16. The van der Waals surface area contributed by atoms with Crippen LogP contribution in [0.1, 0.15) is 68.6 Å². The van der Waals surface area contributed by atoms with Crippen LogP contribution >= 0.6 is 0 Å². The molecule has 0 aromatic heterocycles. The Morgan fingerprint density at radius 2 is 1.71 bits per heavy atom. The number of nitrogens with one attached hydrogen (secondary N) is 2. The maximum atomic E-state index is 13.1. The van der Waals surface area contributed by atoms with E-state index in [-0.39, 0.29) is 22.3 Å². The number of carbonyl (C=O) groups is 2. The minimum Gasteiger partial charge on any atom is -0.495 e. The van der Waals surface area contributed by atoms with Gasteiger partial charge in [0.2, 0.25) is 10.0 Å². The van der Waals surface area contributed by atoms with Gasteiger partial charge in [-0.2, -0.15) is 0 Å². The van der Waals surface area contributed by atoms with Crippen molar-refractivity contribution in [2.24, 2.45) is 5.92 Å². The number of benzene rings is 1. The van der Waals surface area contributed by atoms with Crippen molar-refractivity contribution in [1.29, 1.82) is 0 Å². The summed E-state index contributed by atoms with van der Waals surface area (Å²) in [4.78, 5) is 25.5. The first-order valence-corrected chi connectivity index (χ1v) is 12.3. The number of sulfonamides is 1. The van der Waals surface area contributed by atoms with E-state index < -0.39 is 27.4 Å². The molecule has 0 radical (unpaired) electrons. The minimum absolute atomic E-state index is 0.0843. The van der Waals surface area contributed by atoms with Crippen LogP contribution < -0.4 is 14.8 Å². The Morgan fingerprint density at radius 1 is 1.06 bits per heavy atom. The summed E-state index contributed by atoms with van der Waals surface area (Å²) in [5.74, 6) is -0.359. The van der Waals surface area contributed by atoms with E-state index >= 15 is 0 Å². The Morgan fingerprint density at radius 3 is 2.29 bits per heavy atom. The van der Waals surface area contributed by atoms with E-state index in [4.69, 9.17) is 9.47 Å². The van der Waals surface area contributed by atoms with Crippen LogP contribution in [0.4, 0.5) is 0 Å². The van der Waals surface area contributed by atoms with Gasteiger partial charge in [0, 0.05) is 11.6 Å². The van der Waals surface area contributed by atoms with Crippen LogP contribution in [0, 0.1) is 5.92 Å². The fourth-order valence-electron chi connectivity index (χ4n) is 4.47. The molecule has 172 valence electrons. The summed E-state index contributed by atoms with van der Waals surface area (Å²) in [7, 11) is -1.17. The van der Waals surface area contributed by atoms with E-state index in [1.54, 1.807) is 0 Å². The van der Waals surface area contributed by atoms with E-state index in [0.29, 0.717) is 18.8 Å². The molecule has 2 saturated carbocycles. The molecule has 9 heteroatoms. The van der Waals surface area contributed by atoms with E-state index in [0.717, 1.165) is 38.5 Å². The van der Waals surface area contributed by atoms with Gasteiger partial charge in [0.25, 0.3) is 5.91 Å². The zero-order valence-electron chi connectivity index (χ0n) is 18.4. The van der Waals surface area contributed by atoms with Crippen molar-refractivity contribution in [2.45, 2.75) is 74.8 Å². The van der Waals surface area contributed by atoms with Gasteiger partial charge < -0.3 is 14.8 Å². The number of hydrogen-bond acceptors (Lipinski definition) is 6. The fraction of sp³-hybridized carbons (Fsp3) is 0.636. The van der Waals surface area contributed by atoms with Gasteiger partial charge in [-0.1, -0.05) is 19.8 Å². The number of ether oxygens (including phenoxy) is 2. The maximum absolute atomic E-state index is 13.1. The third-order valence-corrected chi connectivity index (χ3v) is 7.99. The third-order valence-electron chi connectivity index (χ3n) is 6.45. The van der Waals surface area contributed by atoms with Crippen molar-refractivity contribution < 1.29 is 27.5 Å². The smallest absolute Gasteiger partial charge is 0.331 e. The van der Waals surface area contributed by atoms with Crippen LogP contribution in [0.2, 0.25) is 0 Å². The van der Waals surface area contributed by atoms with Gasteiger partial charge in [-0.25, -0.2) is 17.9 Å². The molecule has 0 spiro atoms. The van der Waals surface area contributed by atoms with E-state index in [9.17, 15) is 18.0 Å². The van der Waals surface area contributed by atoms with Crippen LogP contribution in [0.15, 0.2) is 23.1 Å². The summed E-state index contributed by atoms with van der Waals surface area (Å²) in [6.45, 7) is 2.11. The largest absolute Gasteiger partial charge is 0.495 e. The second-order valence-corrected chi connectivity index (χ2v) is 10.4. The quantitative estimate of drug-likeness (QED) is 0.616. The van der Waals surface area contributed by atoms with Gasteiger partial charge in [0.15, 0.2) is 0 Å². The van der Waals surface area contributed by atoms with E-state index in [1.165, 1.54) is 32.4 Å². The highest BCUT2D eigenvalue weighted by Gasteiger charge is 2.43. The molecule has 1 amide bonds. The van der Waals surface area contributed by atoms with Gasteiger partial charge in [-0.05, 0) is 62.6 Å². The molecule has 0 bridgehead atoms. The highest BCUT2D eigenvalue weighted by molar-refractivity contribution is 7.89. The monoisotopic (exact) mass is 452 g/mol. The Balaban J connectivity index is 1.87. The van der Waals surface area contributed by atoms with Gasteiger partial charge in [0.1, 0.15) is 16.2 Å². The van der Waals surface area contributed by atoms with Crippen molar-refractivity contribution >= 4 is 21.9 Å². The normalized spacial score (nSPS) is 24.5. The topological polar surface area (TPSA) is 111 Å². The molecule has 2 fully saturated rings. The number of amides is 1. The second-order valence-electron chi connectivity index (χ2n) is 8.68. The summed E-state index contributed by atoms with van der Waals surface area (Å²) in [5.41, 5.74) is -0.950. The van der Waals surface area contributed by atoms with Crippen LogP contribution in [0.3, 0.4) is 0 Å². The second kappa shape index (κ2) is 9.56. The minimum atomic E-state index is -3.87. The molecule has 0 saturated heterocycles. The molecule has 31 heavy (non-hydrogen) atoms. The van der Waals surface area contributed by atoms with Gasteiger partial charge in [-0.15, -0.1) is 0 Å². The average Bonchev–Trinajstić information content (AvgIpc) is 3.26. The van der Waals surface area contributed by atoms with Gasteiger partial charge >= 0.3 is 5.97 Å². The summed E-state index contributed by atoms with van der Waals surface area (Å²) >= 11 is 0. The standard InChI is InChI=1S/C22H32N2O6S/c1-15-10-12-22(13-11-15,21(26)30-3)23-20(25)16-8-9-18(29-2)19(14-16)31(27,28)24-17-6-4-5-7-17/h8-9,14-15,17,24H,4-7,10-13H2,1-3H3,(H,23,25). The molecular weight excluding hydrogens is 420 g/mol. The first-order valence-electron chi connectivity index (χ1n) is 10.8. The lowest BCUT2D eigenvalue weighted by Crippen LogP contribution is -2.56. The van der Waals surface area contributed by atoms with Crippen LogP contribution in [0.25, 0.3) is 0 Å². The molecule has 0 atom stereocenters. The molecule has 3 rings (SSSR count). The Hall–Kier alpha value is -2.13. The summed E-state index contributed by atoms with van der Waals surface area (Å²) < 4.78 is 38.9. The first-order chi connectivity index (χ1) is 14.7. The molecule has 1 aromatic carbocycles. The maximum Gasteiger partial charge on any atom is 0.331 e. The van der Waals surface area contributed by atoms with Crippen molar-refractivity contribution in [1.82, 2.24) is 10.0 Å². The Bertz CT molecular complexity index is 916. The van der Waals surface area contributed by atoms with Crippen molar-refractivity contribution in [3.63, 3.8) is 0 Å². The Kier molecular flexibility index (Phi) is 7.26. The Labute approximate surface area is 184 Å². The lowest BCUT2D eigenvalue weighted by molar-refractivity contribution is -0.150. The molecule has 0 unspecified atom stereocenters. The number of methoxy groups -OCH3 is 2. The molecule has 0 aliphatic heterocycles. The predicted molar refractivity (Wildman–Crippen MR) is 115 cm³/mol. The first kappa shape index (κ1) is 23.5. The number of esters is 1. The van der Waals surface area contributed by atoms with Crippen molar-refractivity contribution in [3.8, 4) is 5.75 Å². The van der Waals surface area contributed by atoms with E-state index in [1.807, 2.05) is 0 Å². The van der Waals surface area contributed by atoms with Crippen molar-refractivity contribution in [2.75, 3.05) is 14.2 Å². The zero-order valence-corrected chi connectivity index (χ0v) is 19.2. The highest BCUT2D eigenvalue weighted by atomic mass is 32.2. The highest BCUT2D eigenvalue weighted by Crippen LogP contribution is 2.34. The summed E-state index contributed by atoms with van der Waals surface area (Å²) in [5, 5.41) is 2.84. The summed E-state index contributed by atoms with van der Waals surface area (Å²) in [6.07, 6.45) is 6.12. The lowest BCUT2D eigenvalue weighted by atomic mass is 9.77. The fourth-order valence-corrected chi connectivity index (χ4v) is 5.97. The predicted octanol–water partition coefficient (Wildman–Crippen LogP) is 2.77. The van der Waals surface area contributed by atoms with E-state index in [2.05, 4.69) is 17.0 Å².